The van der Waals surface area contributed by atoms with Crippen molar-refractivity contribution in [2.24, 2.45) is 11.8 Å². The van der Waals surface area contributed by atoms with Crippen molar-refractivity contribution < 1.29 is 14.7 Å². The summed E-state index contributed by atoms with van der Waals surface area (Å²) in [5.41, 5.74) is 2.69. The molecule has 0 unspecified atom stereocenters. The van der Waals surface area contributed by atoms with Gasteiger partial charge in [-0.3, -0.25) is 24.6 Å². The fourth-order valence-corrected chi connectivity index (χ4v) is 3.43. The number of nitrogens with one attached hydrogen (secondary N) is 2. The Morgan fingerprint density at radius 1 is 1.30 bits per heavy atom. The maximum atomic E-state index is 12.6. The number of carbonyl (C=O) groups excluding carboxylic acids is 1. The van der Waals surface area contributed by atoms with Crippen LogP contribution in [0.5, 0.6) is 0 Å². The standard InChI is InChI=1S/C19H25N5O3/c1-2-15-8-17(23-22-15)12-24-10-13(7-14(11-24)19(26)27)18(25)21-9-16-5-3-4-6-20-16/h3-6,8,13-14H,2,7,9-12H2,1H3,(H,21,25)(H,22,23)(H,26,27)/t13-,14+/m0/s1. The van der Waals surface area contributed by atoms with E-state index < -0.39 is 11.9 Å². The summed E-state index contributed by atoms with van der Waals surface area (Å²) in [5.74, 6) is -1.91. The molecule has 3 heterocycles. The second-order valence-electron chi connectivity index (χ2n) is 6.94. The summed E-state index contributed by atoms with van der Waals surface area (Å²) in [6.45, 7) is 3.89. The monoisotopic (exact) mass is 371 g/mol. The van der Waals surface area contributed by atoms with Crippen LogP contribution in [0.25, 0.3) is 0 Å². The molecular weight excluding hydrogens is 346 g/mol. The molecule has 0 bridgehead atoms. The Hall–Kier alpha value is -2.74. The predicted octanol–water partition coefficient (Wildman–Crippen LogP) is 1.21. The molecule has 0 aliphatic carbocycles. The van der Waals surface area contributed by atoms with Gasteiger partial charge in [0, 0.05) is 31.5 Å². The highest BCUT2D eigenvalue weighted by atomic mass is 16.4. The molecule has 2 aromatic heterocycles. The zero-order chi connectivity index (χ0) is 19.2. The number of amides is 1. The highest BCUT2D eigenvalue weighted by molar-refractivity contribution is 5.80. The van der Waals surface area contributed by atoms with Gasteiger partial charge in [-0.1, -0.05) is 13.0 Å². The van der Waals surface area contributed by atoms with Crippen LogP contribution in [0, 0.1) is 11.8 Å². The number of piperidine rings is 1. The van der Waals surface area contributed by atoms with Gasteiger partial charge in [-0.15, -0.1) is 0 Å². The molecule has 2 atom stereocenters. The molecular formula is C19H25N5O3. The molecule has 0 aromatic carbocycles. The highest BCUT2D eigenvalue weighted by Gasteiger charge is 2.35. The van der Waals surface area contributed by atoms with Gasteiger partial charge in [-0.2, -0.15) is 5.10 Å². The van der Waals surface area contributed by atoms with Gasteiger partial charge in [-0.05, 0) is 31.0 Å². The Morgan fingerprint density at radius 3 is 2.78 bits per heavy atom. The van der Waals surface area contributed by atoms with E-state index in [1.807, 2.05) is 36.1 Å². The third-order valence-electron chi connectivity index (χ3n) is 4.86. The van der Waals surface area contributed by atoms with Gasteiger partial charge in [-0.25, -0.2) is 0 Å². The molecule has 3 rings (SSSR count). The number of likely N-dealkylation sites (tertiary alicyclic amines) is 1. The number of aliphatic carboxylic acids is 1. The van der Waals surface area contributed by atoms with Crippen molar-refractivity contribution in [1.82, 2.24) is 25.4 Å². The number of aromatic nitrogens is 3. The van der Waals surface area contributed by atoms with Gasteiger partial charge < -0.3 is 10.4 Å². The van der Waals surface area contributed by atoms with Crippen LogP contribution in [0.15, 0.2) is 30.5 Å². The number of hydrogen-bond donors (Lipinski definition) is 3. The summed E-state index contributed by atoms with van der Waals surface area (Å²) in [6.07, 6.45) is 2.87. The van der Waals surface area contributed by atoms with Gasteiger partial charge in [0.15, 0.2) is 0 Å². The quantitative estimate of drug-likeness (QED) is 0.674. The zero-order valence-electron chi connectivity index (χ0n) is 15.4. The van der Waals surface area contributed by atoms with Crippen LogP contribution < -0.4 is 5.32 Å². The molecule has 1 aliphatic rings. The Kier molecular flexibility index (Phi) is 6.18. The fraction of sp³-hybridized carbons (Fsp3) is 0.474. The van der Waals surface area contributed by atoms with Crippen molar-refractivity contribution in [3.63, 3.8) is 0 Å². The van der Waals surface area contributed by atoms with E-state index in [9.17, 15) is 14.7 Å². The zero-order valence-corrected chi connectivity index (χ0v) is 15.4. The average molecular weight is 371 g/mol. The number of aromatic amines is 1. The van der Waals surface area contributed by atoms with Crippen molar-refractivity contribution in [2.75, 3.05) is 13.1 Å². The summed E-state index contributed by atoms with van der Waals surface area (Å²) in [6, 6.07) is 7.52. The SMILES string of the molecule is CCc1cc(CN2C[C@H](C(=O)O)C[C@H](C(=O)NCc3ccccn3)C2)[nH]n1. The lowest BCUT2D eigenvalue weighted by Crippen LogP contribution is -2.47. The van der Waals surface area contributed by atoms with E-state index >= 15 is 0 Å². The van der Waals surface area contributed by atoms with E-state index in [1.54, 1.807) is 6.20 Å². The minimum atomic E-state index is -0.860. The summed E-state index contributed by atoms with van der Waals surface area (Å²) in [7, 11) is 0. The lowest BCUT2D eigenvalue weighted by molar-refractivity contribution is -0.145. The third kappa shape index (κ3) is 5.13. The van der Waals surface area contributed by atoms with Crippen LogP contribution in [0.1, 0.15) is 30.4 Å². The molecule has 3 N–H and O–H groups in total. The lowest BCUT2D eigenvalue weighted by Gasteiger charge is -2.35. The summed E-state index contributed by atoms with van der Waals surface area (Å²) < 4.78 is 0. The van der Waals surface area contributed by atoms with Gasteiger partial charge in [0.2, 0.25) is 5.91 Å². The van der Waals surface area contributed by atoms with Crippen molar-refractivity contribution in [2.45, 2.75) is 32.9 Å². The van der Waals surface area contributed by atoms with Crippen LogP contribution in [0.3, 0.4) is 0 Å². The van der Waals surface area contributed by atoms with E-state index in [4.69, 9.17) is 0 Å². The smallest absolute Gasteiger partial charge is 0.307 e. The molecule has 1 fully saturated rings. The fourth-order valence-electron chi connectivity index (χ4n) is 3.43. The molecule has 144 valence electrons. The summed E-state index contributed by atoms with van der Waals surface area (Å²) >= 11 is 0. The van der Waals surface area contributed by atoms with E-state index in [2.05, 4.69) is 20.5 Å². The lowest BCUT2D eigenvalue weighted by atomic mass is 9.88. The maximum Gasteiger partial charge on any atom is 0.307 e. The Balaban J connectivity index is 1.62. The Bertz CT molecular complexity index is 777. The number of H-pyrrole nitrogens is 1. The molecule has 1 amide bonds. The maximum absolute atomic E-state index is 12.6. The topological polar surface area (TPSA) is 111 Å². The van der Waals surface area contributed by atoms with Crippen LogP contribution >= 0.6 is 0 Å². The third-order valence-corrected chi connectivity index (χ3v) is 4.86. The van der Waals surface area contributed by atoms with Crippen molar-refractivity contribution >= 4 is 11.9 Å². The first-order chi connectivity index (χ1) is 13.0. The van der Waals surface area contributed by atoms with Crippen molar-refractivity contribution in [3.05, 3.63) is 47.5 Å². The molecule has 8 nitrogen and oxygen atoms in total. The second-order valence-corrected chi connectivity index (χ2v) is 6.94. The normalized spacial score (nSPS) is 20.3. The summed E-state index contributed by atoms with van der Waals surface area (Å²) in [5, 5.41) is 19.6. The first-order valence-electron chi connectivity index (χ1n) is 9.21. The number of hydrogen-bond acceptors (Lipinski definition) is 5. The van der Waals surface area contributed by atoms with Gasteiger partial charge in [0.05, 0.1) is 29.8 Å². The minimum Gasteiger partial charge on any atom is -0.481 e. The van der Waals surface area contributed by atoms with Crippen LogP contribution in [-0.4, -0.2) is 50.2 Å². The molecule has 2 aromatic rings. The minimum absolute atomic E-state index is 0.129. The molecule has 1 saturated heterocycles. The molecule has 0 spiro atoms. The van der Waals surface area contributed by atoms with Crippen LogP contribution in [0.4, 0.5) is 0 Å². The van der Waals surface area contributed by atoms with E-state index in [1.165, 1.54) is 0 Å². The number of nitrogens with zero attached hydrogens (tertiary/aromatic N) is 3. The first kappa shape index (κ1) is 19.0. The number of carbonyl (C=O) groups is 2. The second kappa shape index (κ2) is 8.77. The average Bonchev–Trinajstić information content (AvgIpc) is 3.14. The summed E-state index contributed by atoms with van der Waals surface area (Å²) in [4.78, 5) is 30.4. The van der Waals surface area contributed by atoms with Crippen molar-refractivity contribution in [1.29, 1.82) is 0 Å². The number of pyridine rings is 1. The van der Waals surface area contributed by atoms with Crippen molar-refractivity contribution in [3.8, 4) is 0 Å². The Labute approximate surface area is 158 Å². The number of carboxylic acids is 1. The van der Waals surface area contributed by atoms with E-state index in [-0.39, 0.29) is 11.8 Å². The van der Waals surface area contributed by atoms with Crippen LogP contribution in [0.2, 0.25) is 0 Å². The molecule has 0 saturated carbocycles. The predicted molar refractivity (Wildman–Crippen MR) is 98.6 cm³/mol. The van der Waals surface area contributed by atoms with Crippen LogP contribution in [-0.2, 0) is 29.1 Å². The molecule has 8 heteroatoms. The highest BCUT2D eigenvalue weighted by Crippen LogP contribution is 2.24. The number of rotatable bonds is 7. The largest absolute Gasteiger partial charge is 0.481 e. The van der Waals surface area contributed by atoms with E-state index in [0.29, 0.717) is 32.6 Å². The number of carboxylic acid groups (broad SMARTS) is 1. The van der Waals surface area contributed by atoms with E-state index in [0.717, 1.165) is 23.5 Å². The first-order valence-corrected chi connectivity index (χ1v) is 9.21. The number of aryl methyl sites for hydroxylation is 1. The molecule has 27 heavy (non-hydrogen) atoms. The van der Waals surface area contributed by atoms with Gasteiger partial charge >= 0.3 is 5.97 Å². The van der Waals surface area contributed by atoms with Gasteiger partial charge in [0.1, 0.15) is 0 Å². The van der Waals surface area contributed by atoms with Gasteiger partial charge in [0.25, 0.3) is 0 Å². The molecule has 0 radical (unpaired) electrons. The molecule has 1 aliphatic heterocycles. The Morgan fingerprint density at radius 2 is 2.11 bits per heavy atom.